The van der Waals surface area contributed by atoms with E-state index in [1.54, 1.807) is 12.1 Å². The summed E-state index contributed by atoms with van der Waals surface area (Å²) in [6.07, 6.45) is 4.08. The molecule has 0 unspecified atom stereocenters. The molecule has 8 heteroatoms. The van der Waals surface area contributed by atoms with Gasteiger partial charge in [0.25, 0.3) is 5.56 Å². The van der Waals surface area contributed by atoms with Crippen LogP contribution >= 0.6 is 11.8 Å². The molecule has 3 aromatic rings. The molecule has 1 aliphatic carbocycles. The molecule has 1 aliphatic rings. The van der Waals surface area contributed by atoms with Crippen LogP contribution in [0.2, 0.25) is 0 Å². The van der Waals surface area contributed by atoms with Crippen LogP contribution < -0.4 is 10.9 Å². The Hall–Kier alpha value is -3.31. The second-order valence-electron chi connectivity index (χ2n) is 6.78. The first kappa shape index (κ1) is 19.0. The lowest BCUT2D eigenvalue weighted by Gasteiger charge is -2.16. The third-order valence-corrected chi connectivity index (χ3v) is 5.73. The number of anilines is 1. The van der Waals surface area contributed by atoms with E-state index >= 15 is 0 Å². The van der Waals surface area contributed by atoms with Crippen molar-refractivity contribution in [2.75, 3.05) is 11.1 Å². The van der Waals surface area contributed by atoms with Crippen molar-refractivity contribution in [2.24, 2.45) is 0 Å². The Bertz CT molecular complexity index is 1140. The Morgan fingerprint density at radius 3 is 2.83 bits per heavy atom. The summed E-state index contributed by atoms with van der Waals surface area (Å²) in [7, 11) is 0. The molecule has 146 valence electrons. The predicted molar refractivity (Wildman–Crippen MR) is 111 cm³/mol. The van der Waals surface area contributed by atoms with E-state index in [4.69, 9.17) is 0 Å². The molecule has 1 aromatic carbocycles. The number of pyridine rings is 1. The van der Waals surface area contributed by atoms with Crippen molar-refractivity contribution in [3.8, 4) is 11.8 Å². The van der Waals surface area contributed by atoms with Crippen LogP contribution in [0.3, 0.4) is 0 Å². The van der Waals surface area contributed by atoms with Gasteiger partial charge in [-0.25, -0.2) is 9.67 Å². The lowest BCUT2D eigenvalue weighted by atomic mass is 9.95. The van der Waals surface area contributed by atoms with Gasteiger partial charge in [0.15, 0.2) is 0 Å². The summed E-state index contributed by atoms with van der Waals surface area (Å²) in [6.45, 7) is 0. The molecule has 1 amide bonds. The summed E-state index contributed by atoms with van der Waals surface area (Å²) in [5.74, 6) is 0.141. The van der Waals surface area contributed by atoms with Gasteiger partial charge in [0.05, 0.1) is 17.0 Å². The molecular weight excluding hydrogens is 386 g/mol. The smallest absolute Gasteiger partial charge is 0.273 e. The normalized spacial score (nSPS) is 12.8. The van der Waals surface area contributed by atoms with Crippen molar-refractivity contribution >= 4 is 23.5 Å². The zero-order valence-electron chi connectivity index (χ0n) is 15.6. The van der Waals surface area contributed by atoms with E-state index in [9.17, 15) is 14.9 Å². The van der Waals surface area contributed by atoms with Gasteiger partial charge in [-0.1, -0.05) is 30.0 Å². The highest BCUT2D eigenvalue weighted by Crippen LogP contribution is 2.27. The SMILES string of the molecule is N#Cc1cc2c(nc1SCC(=O)Nc1cc(=O)n(-c3ccccc3)[nH]1)CCCC2. The molecule has 0 bridgehead atoms. The first-order valence-corrected chi connectivity index (χ1v) is 10.4. The average Bonchev–Trinajstić information content (AvgIpc) is 3.12. The number of thioether (sulfide) groups is 1. The third kappa shape index (κ3) is 4.25. The minimum Gasteiger partial charge on any atom is -0.310 e. The molecule has 2 heterocycles. The van der Waals surface area contributed by atoms with Crippen LogP contribution in [0.1, 0.15) is 29.7 Å². The number of para-hydroxylation sites is 1. The fourth-order valence-corrected chi connectivity index (χ4v) is 4.13. The highest BCUT2D eigenvalue weighted by atomic mass is 32.2. The summed E-state index contributed by atoms with van der Waals surface area (Å²) in [6, 6.07) is 14.5. The summed E-state index contributed by atoms with van der Waals surface area (Å²) < 4.78 is 1.36. The molecule has 0 atom stereocenters. The van der Waals surface area contributed by atoms with E-state index in [2.05, 4.69) is 21.5 Å². The van der Waals surface area contributed by atoms with Gasteiger partial charge < -0.3 is 5.32 Å². The Labute approximate surface area is 171 Å². The van der Waals surface area contributed by atoms with Crippen LogP contribution in [0.5, 0.6) is 0 Å². The van der Waals surface area contributed by atoms with Crippen molar-refractivity contribution in [1.29, 1.82) is 5.26 Å². The van der Waals surface area contributed by atoms with E-state index in [0.717, 1.165) is 36.9 Å². The summed E-state index contributed by atoms with van der Waals surface area (Å²) in [4.78, 5) is 29.1. The number of carbonyl (C=O) groups excluding carboxylic acids is 1. The van der Waals surface area contributed by atoms with Crippen molar-refractivity contribution in [3.05, 3.63) is 69.6 Å². The van der Waals surface area contributed by atoms with Crippen LogP contribution in [0.4, 0.5) is 5.82 Å². The first-order valence-electron chi connectivity index (χ1n) is 9.37. The standard InChI is InChI=1S/C21H19N5O2S/c22-12-15-10-14-6-4-5-9-17(14)23-21(15)29-13-19(27)24-18-11-20(28)26(25-18)16-7-2-1-3-8-16/h1-3,7-8,10-11,25H,4-6,9,13H2,(H,24,27). The number of hydrogen-bond acceptors (Lipinski definition) is 5. The maximum absolute atomic E-state index is 12.4. The molecule has 0 aliphatic heterocycles. The largest absolute Gasteiger partial charge is 0.310 e. The van der Waals surface area contributed by atoms with Gasteiger partial charge in [0, 0.05) is 11.8 Å². The predicted octanol–water partition coefficient (Wildman–Crippen LogP) is 3.04. The van der Waals surface area contributed by atoms with E-state index in [0.29, 0.717) is 22.1 Å². The number of rotatable bonds is 5. The minimum atomic E-state index is -0.278. The fraction of sp³-hybridized carbons (Fsp3) is 0.238. The average molecular weight is 405 g/mol. The van der Waals surface area contributed by atoms with Crippen molar-refractivity contribution in [1.82, 2.24) is 14.8 Å². The quantitative estimate of drug-likeness (QED) is 0.635. The number of aromatic nitrogens is 3. The van der Waals surface area contributed by atoms with Crippen LogP contribution in [0.15, 0.2) is 52.3 Å². The van der Waals surface area contributed by atoms with Crippen LogP contribution in [-0.4, -0.2) is 26.4 Å². The number of nitriles is 1. The first-order chi connectivity index (χ1) is 14.1. The Kier molecular flexibility index (Phi) is 5.49. The summed E-state index contributed by atoms with van der Waals surface area (Å²) in [5, 5.41) is 15.6. The van der Waals surface area contributed by atoms with Crippen LogP contribution in [0, 0.1) is 11.3 Å². The number of benzene rings is 1. The fourth-order valence-electron chi connectivity index (χ4n) is 3.35. The number of nitrogens with zero attached hydrogens (tertiary/aromatic N) is 3. The van der Waals surface area contributed by atoms with Crippen molar-refractivity contribution < 1.29 is 4.79 Å². The Morgan fingerprint density at radius 1 is 1.24 bits per heavy atom. The molecular formula is C21H19N5O2S. The van der Waals surface area contributed by atoms with Crippen LogP contribution in [0.25, 0.3) is 5.69 Å². The Morgan fingerprint density at radius 2 is 2.03 bits per heavy atom. The lowest BCUT2D eigenvalue weighted by Crippen LogP contribution is -2.15. The van der Waals surface area contributed by atoms with Gasteiger partial charge in [-0.3, -0.25) is 14.7 Å². The zero-order valence-corrected chi connectivity index (χ0v) is 16.5. The molecule has 7 nitrogen and oxygen atoms in total. The molecule has 2 aromatic heterocycles. The van der Waals surface area contributed by atoms with Gasteiger partial charge in [-0.15, -0.1) is 0 Å². The third-order valence-electron chi connectivity index (χ3n) is 4.74. The minimum absolute atomic E-state index is 0.0962. The second-order valence-corrected chi connectivity index (χ2v) is 7.75. The molecule has 0 radical (unpaired) electrons. The number of aryl methyl sites for hydroxylation is 2. The number of H-pyrrole nitrogens is 1. The number of aromatic amines is 1. The highest BCUT2D eigenvalue weighted by Gasteiger charge is 2.17. The topological polar surface area (TPSA) is 104 Å². The molecule has 0 saturated carbocycles. The number of carbonyl (C=O) groups is 1. The molecule has 2 N–H and O–H groups in total. The van der Waals surface area contributed by atoms with Gasteiger partial charge in [-0.05, 0) is 49.4 Å². The second kappa shape index (κ2) is 8.37. The van der Waals surface area contributed by atoms with Gasteiger partial charge in [-0.2, -0.15) is 5.26 Å². The summed E-state index contributed by atoms with van der Waals surface area (Å²) in [5.41, 5.74) is 3.10. The maximum Gasteiger partial charge on any atom is 0.273 e. The number of hydrogen-bond donors (Lipinski definition) is 2. The number of nitrogens with one attached hydrogen (secondary N) is 2. The van der Waals surface area contributed by atoms with E-state index in [1.165, 1.54) is 22.5 Å². The molecule has 4 rings (SSSR count). The molecule has 29 heavy (non-hydrogen) atoms. The molecule has 0 saturated heterocycles. The van der Waals surface area contributed by atoms with E-state index < -0.39 is 0 Å². The van der Waals surface area contributed by atoms with Gasteiger partial charge >= 0.3 is 0 Å². The van der Waals surface area contributed by atoms with Crippen LogP contribution in [-0.2, 0) is 17.6 Å². The molecule has 0 spiro atoms. The molecule has 0 fully saturated rings. The highest BCUT2D eigenvalue weighted by molar-refractivity contribution is 8.00. The Balaban J connectivity index is 1.44. The monoisotopic (exact) mass is 405 g/mol. The van der Waals surface area contributed by atoms with Gasteiger partial charge in [0.1, 0.15) is 16.9 Å². The van der Waals surface area contributed by atoms with E-state index in [-0.39, 0.29) is 17.2 Å². The van der Waals surface area contributed by atoms with Crippen molar-refractivity contribution in [2.45, 2.75) is 30.7 Å². The summed E-state index contributed by atoms with van der Waals surface area (Å²) >= 11 is 1.23. The maximum atomic E-state index is 12.4. The zero-order chi connectivity index (χ0) is 20.2. The number of fused-ring (bicyclic) bond motifs is 1. The number of amides is 1. The van der Waals surface area contributed by atoms with Crippen molar-refractivity contribution in [3.63, 3.8) is 0 Å². The van der Waals surface area contributed by atoms with Gasteiger partial charge in [0.2, 0.25) is 5.91 Å². The van der Waals surface area contributed by atoms with E-state index in [1.807, 2.05) is 24.3 Å². The lowest BCUT2D eigenvalue weighted by molar-refractivity contribution is -0.113.